The van der Waals surface area contributed by atoms with Crippen LogP contribution < -0.4 is 0 Å². The van der Waals surface area contributed by atoms with E-state index in [1.54, 1.807) is 6.42 Å². The molecule has 1 aliphatic rings. The van der Waals surface area contributed by atoms with Gasteiger partial charge in [0.2, 0.25) is 0 Å². The molecule has 1 radical (unpaired) electrons. The molecule has 1 aromatic rings. The van der Waals surface area contributed by atoms with E-state index in [-0.39, 0.29) is 49.2 Å². The van der Waals surface area contributed by atoms with Gasteiger partial charge in [0.05, 0.1) is 0 Å². The SMILES string of the molecule is N=C(C(=O)[CH-]C1CCCCC1)c1ccccc1.[Ho]. The maximum absolute atomic E-state index is 11.9. The number of carbonyl (C=O) groups excluding carboxylic acids is 1. The van der Waals surface area contributed by atoms with Crippen molar-refractivity contribution in [1.82, 2.24) is 0 Å². The first-order chi connectivity index (χ1) is 8.27. The molecule has 101 valence electrons. The number of Topliss-reactive ketones (excluding diaryl/α,β-unsaturated/α-hetero) is 1. The third kappa shape index (κ3) is 4.42. The van der Waals surface area contributed by atoms with Crippen molar-refractivity contribution < 1.29 is 42.5 Å². The van der Waals surface area contributed by atoms with E-state index in [2.05, 4.69) is 0 Å². The molecule has 0 saturated heterocycles. The van der Waals surface area contributed by atoms with Crippen molar-refractivity contribution in [1.29, 1.82) is 5.41 Å². The molecule has 0 aliphatic heterocycles. The first-order valence-electron chi connectivity index (χ1n) is 6.30. The maximum Gasteiger partial charge on any atom is 0.0422 e. The van der Waals surface area contributed by atoms with Gasteiger partial charge in [-0.1, -0.05) is 73.9 Å². The zero-order valence-electron chi connectivity index (χ0n) is 10.3. The van der Waals surface area contributed by atoms with E-state index < -0.39 is 0 Å². The van der Waals surface area contributed by atoms with Crippen LogP contribution in [-0.4, -0.2) is 11.5 Å². The Morgan fingerprint density at radius 1 is 1.11 bits per heavy atom. The quantitative estimate of drug-likeness (QED) is 0.476. The number of hydrogen-bond donors (Lipinski definition) is 1. The van der Waals surface area contributed by atoms with Crippen LogP contribution in [0.2, 0.25) is 0 Å². The van der Waals surface area contributed by atoms with Gasteiger partial charge in [-0.15, -0.1) is 0 Å². The van der Waals surface area contributed by atoms with Gasteiger partial charge in [0.25, 0.3) is 0 Å². The molecule has 0 unspecified atom stereocenters. The Balaban J connectivity index is 0.00000162. The summed E-state index contributed by atoms with van der Waals surface area (Å²) in [5.74, 6) is 0.267. The number of ketones is 1. The van der Waals surface area contributed by atoms with Crippen LogP contribution in [0.15, 0.2) is 30.3 Å². The molecule has 3 heteroatoms. The van der Waals surface area contributed by atoms with Crippen LogP contribution in [-0.2, 0) is 4.79 Å². The number of benzene rings is 1. The van der Waals surface area contributed by atoms with Crippen molar-refractivity contribution in [3.8, 4) is 0 Å². The average Bonchev–Trinajstić information content (AvgIpc) is 2.40. The standard InChI is InChI=1S/C15H18NO.Ho/c16-15(13-9-5-2-6-10-13)14(17)11-12-7-3-1-4-8-12;/h2,5-6,9-12,16H,1,3-4,7-8H2;/q-1;. The summed E-state index contributed by atoms with van der Waals surface area (Å²) < 4.78 is 0. The fourth-order valence-electron chi connectivity index (χ4n) is 2.35. The summed E-state index contributed by atoms with van der Waals surface area (Å²) in [7, 11) is 0. The Morgan fingerprint density at radius 3 is 2.33 bits per heavy atom. The second kappa shape index (κ2) is 7.98. The third-order valence-corrected chi connectivity index (χ3v) is 3.35. The molecule has 0 amide bonds. The molecule has 1 fully saturated rings. The van der Waals surface area contributed by atoms with E-state index >= 15 is 0 Å². The molecule has 0 spiro atoms. The van der Waals surface area contributed by atoms with E-state index in [9.17, 15) is 4.79 Å². The number of rotatable bonds is 4. The number of nitrogens with one attached hydrogen (secondary N) is 1. The molecular formula is C15H18HoNO-. The van der Waals surface area contributed by atoms with E-state index in [1.807, 2.05) is 30.3 Å². The van der Waals surface area contributed by atoms with Crippen LogP contribution >= 0.6 is 0 Å². The molecule has 2 nitrogen and oxygen atoms in total. The molecule has 0 bridgehead atoms. The van der Waals surface area contributed by atoms with Crippen molar-refractivity contribution in [2.75, 3.05) is 0 Å². The van der Waals surface area contributed by atoms with E-state index in [0.717, 1.165) is 12.8 Å². The molecule has 0 aromatic heterocycles. The summed E-state index contributed by atoms with van der Waals surface area (Å²) in [5, 5.41) is 7.87. The van der Waals surface area contributed by atoms with Gasteiger partial charge in [0.1, 0.15) is 0 Å². The second-order valence-corrected chi connectivity index (χ2v) is 4.67. The van der Waals surface area contributed by atoms with Crippen LogP contribution in [0.3, 0.4) is 0 Å². The molecule has 18 heavy (non-hydrogen) atoms. The molecule has 1 N–H and O–H groups in total. The summed E-state index contributed by atoms with van der Waals surface area (Å²) in [4.78, 5) is 11.9. The van der Waals surface area contributed by atoms with Crippen LogP contribution in [0.5, 0.6) is 0 Å². The molecule has 1 aliphatic carbocycles. The first-order valence-corrected chi connectivity index (χ1v) is 6.30. The van der Waals surface area contributed by atoms with Crippen molar-refractivity contribution in [3.63, 3.8) is 0 Å². The monoisotopic (exact) mass is 393 g/mol. The summed E-state index contributed by atoms with van der Waals surface area (Å²) >= 11 is 0. The fourth-order valence-corrected chi connectivity index (χ4v) is 2.35. The molecule has 1 saturated carbocycles. The zero-order valence-corrected chi connectivity index (χ0v) is 12.2. The van der Waals surface area contributed by atoms with Crippen LogP contribution in [0.4, 0.5) is 0 Å². The Kier molecular flexibility index (Phi) is 6.98. The Labute approximate surface area is 139 Å². The third-order valence-electron chi connectivity index (χ3n) is 3.35. The molecule has 0 atom stereocenters. The van der Waals surface area contributed by atoms with Crippen molar-refractivity contribution in [2.24, 2.45) is 5.92 Å². The van der Waals surface area contributed by atoms with Gasteiger partial charge >= 0.3 is 0 Å². The topological polar surface area (TPSA) is 40.9 Å². The zero-order chi connectivity index (χ0) is 12.1. The van der Waals surface area contributed by atoms with Gasteiger partial charge in [0.15, 0.2) is 0 Å². The molecule has 1 aromatic carbocycles. The smallest absolute Gasteiger partial charge is 0.0422 e. The number of hydrogen-bond acceptors (Lipinski definition) is 2. The average molecular weight is 393 g/mol. The van der Waals surface area contributed by atoms with E-state index in [1.165, 1.54) is 19.3 Å². The van der Waals surface area contributed by atoms with Gasteiger partial charge in [-0.3, -0.25) is 0 Å². The Hall–Kier alpha value is -0.310. The summed E-state index contributed by atoms with van der Waals surface area (Å²) in [6.07, 6.45) is 7.69. The summed E-state index contributed by atoms with van der Waals surface area (Å²) in [5.41, 5.74) is 0.834. The van der Waals surface area contributed by atoms with Crippen LogP contribution in [0, 0.1) is 55.5 Å². The van der Waals surface area contributed by atoms with Gasteiger partial charge in [-0.2, -0.15) is 6.42 Å². The summed E-state index contributed by atoms with van der Waals surface area (Å²) in [6, 6.07) is 9.24. The van der Waals surface area contributed by atoms with Gasteiger partial charge in [0, 0.05) is 43.5 Å². The molecular weight excluding hydrogens is 375 g/mol. The Bertz CT molecular complexity index is 396. The summed E-state index contributed by atoms with van der Waals surface area (Å²) in [6.45, 7) is 0. The predicted molar refractivity (Wildman–Crippen MR) is 69.2 cm³/mol. The molecule has 0 heterocycles. The number of carbonyl (C=O) groups is 1. The van der Waals surface area contributed by atoms with Crippen molar-refractivity contribution >= 4 is 11.5 Å². The largest absolute Gasteiger partial charge is 0.391 e. The van der Waals surface area contributed by atoms with Gasteiger partial charge < -0.3 is 10.2 Å². The van der Waals surface area contributed by atoms with Crippen molar-refractivity contribution in [3.05, 3.63) is 42.3 Å². The molecule has 2 rings (SSSR count). The van der Waals surface area contributed by atoms with E-state index in [0.29, 0.717) is 11.5 Å². The van der Waals surface area contributed by atoms with Gasteiger partial charge in [-0.05, 0) is 5.71 Å². The minimum atomic E-state index is -0.122. The predicted octanol–water partition coefficient (Wildman–Crippen LogP) is 3.41. The van der Waals surface area contributed by atoms with Crippen LogP contribution in [0.25, 0.3) is 0 Å². The minimum Gasteiger partial charge on any atom is -0.391 e. The fraction of sp³-hybridized carbons (Fsp3) is 0.400. The normalized spacial score (nSPS) is 15.6. The first kappa shape index (κ1) is 15.7. The van der Waals surface area contributed by atoms with Crippen molar-refractivity contribution in [2.45, 2.75) is 32.1 Å². The minimum absolute atomic E-state index is 0. The van der Waals surface area contributed by atoms with Crippen LogP contribution in [0.1, 0.15) is 37.7 Å². The Morgan fingerprint density at radius 2 is 1.72 bits per heavy atom. The maximum atomic E-state index is 11.9. The second-order valence-electron chi connectivity index (χ2n) is 4.67. The van der Waals surface area contributed by atoms with Gasteiger partial charge in [-0.25, -0.2) is 0 Å². The van der Waals surface area contributed by atoms with E-state index in [4.69, 9.17) is 5.41 Å².